The summed E-state index contributed by atoms with van der Waals surface area (Å²) in [7, 11) is 0. The van der Waals surface area contributed by atoms with Gasteiger partial charge in [0.05, 0.1) is 0 Å². The van der Waals surface area contributed by atoms with Gasteiger partial charge in [-0.25, -0.2) is 0 Å². The molecule has 2 heterocycles. The number of hydrogen-bond acceptors (Lipinski definition) is 4. The third-order valence-corrected chi connectivity index (χ3v) is 18.2. The van der Waals surface area contributed by atoms with Gasteiger partial charge in [0.25, 0.3) is 0 Å². The summed E-state index contributed by atoms with van der Waals surface area (Å²) in [6.07, 6.45) is 10.9. The van der Waals surface area contributed by atoms with E-state index < -0.39 is 59.5 Å². The van der Waals surface area contributed by atoms with Crippen LogP contribution in [0.25, 0.3) is 33.2 Å². The summed E-state index contributed by atoms with van der Waals surface area (Å²) in [5.41, 5.74) is 0.569. The SMILES string of the molecule is CCOC(=O)c1cc2ccccc2n1-c1ccc(F)[c]([Ti]([C]2=CC=CC2)([C]2=CC=CC2)[c]2c(F)ccc(-n3c(C(=O)OCC)cc4ccccc43)c2F)c1F. The van der Waals surface area contributed by atoms with Gasteiger partial charge >= 0.3 is 319 Å². The van der Waals surface area contributed by atoms with Crippen molar-refractivity contribution in [3.63, 3.8) is 0 Å². The predicted octanol–water partition coefficient (Wildman–Crippen LogP) is 9.28. The predicted molar refractivity (Wildman–Crippen MR) is 201 cm³/mol. The molecule has 0 unspecified atom stereocenters. The number of carbonyl (C=O) groups excluding carboxylic acids is 2. The number of halogens is 4. The van der Waals surface area contributed by atoms with Gasteiger partial charge in [-0.15, -0.1) is 0 Å². The number of benzene rings is 4. The first-order valence-corrected chi connectivity index (χ1v) is 21.1. The fourth-order valence-electron chi connectivity index (χ4n) is 8.08. The third-order valence-electron chi connectivity index (χ3n) is 10.3. The average molecular weight is 779 g/mol. The van der Waals surface area contributed by atoms with Crippen LogP contribution in [-0.4, -0.2) is 34.3 Å². The molecular formula is C44H34F4N2O4Ti. The molecule has 0 radical (unpaired) electrons. The minimum absolute atomic E-state index is 0.00597. The van der Waals surface area contributed by atoms with Gasteiger partial charge in [0.15, 0.2) is 0 Å². The zero-order valence-corrected chi connectivity index (χ0v) is 31.5. The van der Waals surface area contributed by atoms with Crippen LogP contribution in [0, 0.1) is 23.3 Å². The van der Waals surface area contributed by atoms with Crippen LogP contribution in [0.5, 0.6) is 0 Å². The Morgan fingerprint density at radius 1 is 0.618 bits per heavy atom. The van der Waals surface area contributed by atoms with Crippen LogP contribution in [-0.2, 0) is 26.1 Å². The second-order valence-corrected chi connectivity index (χ2v) is 19.1. The molecule has 0 aliphatic heterocycles. The Morgan fingerprint density at radius 3 is 1.42 bits per heavy atom. The Morgan fingerprint density at radius 2 is 1.04 bits per heavy atom. The number of allylic oxidation sites excluding steroid dienone is 8. The van der Waals surface area contributed by atoms with Gasteiger partial charge in [0, 0.05) is 0 Å². The number of fused-ring (bicyclic) bond motifs is 2. The number of carbonyl (C=O) groups is 2. The van der Waals surface area contributed by atoms with Crippen LogP contribution in [0.2, 0.25) is 0 Å². The van der Waals surface area contributed by atoms with E-state index in [-0.39, 0.29) is 48.8 Å². The first kappa shape index (κ1) is 36.3. The number of rotatable bonds is 10. The van der Waals surface area contributed by atoms with Gasteiger partial charge in [0.2, 0.25) is 0 Å². The van der Waals surface area contributed by atoms with Crippen molar-refractivity contribution >= 4 is 41.5 Å². The molecule has 0 amide bonds. The van der Waals surface area contributed by atoms with Gasteiger partial charge in [-0.3, -0.25) is 0 Å². The minimum atomic E-state index is -5.39. The van der Waals surface area contributed by atoms with Crippen molar-refractivity contribution in [2.75, 3.05) is 13.2 Å². The van der Waals surface area contributed by atoms with Crippen LogP contribution >= 0.6 is 0 Å². The molecule has 0 fully saturated rings. The van der Waals surface area contributed by atoms with Gasteiger partial charge in [-0.2, -0.15) is 0 Å². The van der Waals surface area contributed by atoms with E-state index >= 15 is 17.6 Å². The fourth-order valence-corrected chi connectivity index (χ4v) is 16.3. The molecule has 0 saturated heterocycles. The maximum absolute atomic E-state index is 18.1. The summed E-state index contributed by atoms with van der Waals surface area (Å²) >= 11 is -5.39. The van der Waals surface area contributed by atoms with Gasteiger partial charge in [-0.1, -0.05) is 0 Å². The van der Waals surface area contributed by atoms with E-state index in [9.17, 15) is 9.59 Å². The Bertz CT molecular complexity index is 2500. The van der Waals surface area contributed by atoms with Crippen molar-refractivity contribution in [3.8, 4) is 11.4 Å². The maximum atomic E-state index is 18.1. The molecule has 0 N–H and O–H groups in total. The quantitative estimate of drug-likeness (QED) is 0.0791. The molecule has 55 heavy (non-hydrogen) atoms. The van der Waals surface area contributed by atoms with E-state index in [1.165, 1.54) is 21.3 Å². The molecule has 0 bridgehead atoms. The van der Waals surface area contributed by atoms with Gasteiger partial charge in [0.1, 0.15) is 0 Å². The molecule has 6 nitrogen and oxygen atoms in total. The summed E-state index contributed by atoms with van der Waals surface area (Å²) in [5.74, 6) is -5.48. The number of esters is 2. The second-order valence-electron chi connectivity index (χ2n) is 13.2. The Labute approximate surface area is 317 Å². The Kier molecular flexibility index (Phi) is 9.57. The molecule has 0 spiro atoms. The van der Waals surface area contributed by atoms with Crippen LogP contribution < -0.4 is 7.74 Å². The van der Waals surface area contributed by atoms with Crippen LogP contribution in [0.1, 0.15) is 47.7 Å². The molecule has 8 rings (SSSR count). The van der Waals surface area contributed by atoms with Crippen molar-refractivity contribution in [3.05, 3.63) is 164 Å². The summed E-state index contributed by atoms with van der Waals surface area (Å²) < 4.78 is 83.8. The molecule has 276 valence electrons. The van der Waals surface area contributed by atoms with Crippen molar-refractivity contribution in [1.82, 2.24) is 9.13 Å². The first-order chi connectivity index (χ1) is 26.7. The van der Waals surface area contributed by atoms with E-state index in [1.54, 1.807) is 111 Å². The zero-order chi connectivity index (χ0) is 38.4. The number of nitrogens with zero attached hydrogens (tertiary/aromatic N) is 2. The molecular weight excluding hydrogens is 744 g/mol. The summed E-state index contributed by atoms with van der Waals surface area (Å²) in [4.78, 5) is 26.7. The van der Waals surface area contributed by atoms with Crippen LogP contribution in [0.15, 0.2) is 129 Å². The van der Waals surface area contributed by atoms with Crippen molar-refractivity contribution < 1.29 is 53.2 Å². The van der Waals surface area contributed by atoms with E-state index in [2.05, 4.69) is 0 Å². The number of para-hydroxylation sites is 2. The molecule has 2 aliphatic carbocycles. The van der Waals surface area contributed by atoms with E-state index in [0.717, 1.165) is 12.1 Å². The second kappa shape index (κ2) is 14.5. The van der Waals surface area contributed by atoms with Crippen molar-refractivity contribution in [2.45, 2.75) is 26.7 Å². The monoisotopic (exact) mass is 778 g/mol. The molecule has 11 heteroatoms. The number of ether oxygens (including phenoxy) is 2. The van der Waals surface area contributed by atoms with Crippen LogP contribution in [0.3, 0.4) is 0 Å². The number of hydrogen-bond donors (Lipinski definition) is 0. The zero-order valence-electron chi connectivity index (χ0n) is 29.9. The normalized spacial score (nSPS) is 13.9. The summed E-state index contributed by atoms with van der Waals surface area (Å²) in [6, 6.07) is 21.7. The topological polar surface area (TPSA) is 62.5 Å². The number of aromatic nitrogens is 2. The van der Waals surface area contributed by atoms with Crippen molar-refractivity contribution in [2.24, 2.45) is 0 Å². The Hall–Kier alpha value is -5.71. The molecule has 0 saturated carbocycles. The summed E-state index contributed by atoms with van der Waals surface area (Å²) in [5, 5.41) is 1.21. The van der Waals surface area contributed by atoms with Crippen LogP contribution in [0.4, 0.5) is 17.6 Å². The first-order valence-electron chi connectivity index (χ1n) is 18.0. The molecule has 4 aromatic carbocycles. The average Bonchev–Trinajstić information content (AvgIpc) is 4.02. The van der Waals surface area contributed by atoms with Crippen molar-refractivity contribution in [1.29, 1.82) is 0 Å². The molecule has 0 atom stereocenters. The molecule has 2 aromatic heterocycles. The van der Waals surface area contributed by atoms with E-state index in [0.29, 0.717) is 29.6 Å². The Balaban J connectivity index is 1.48. The fraction of sp³-hybridized carbons (Fsp3) is 0.136. The molecule has 6 aromatic rings. The van der Waals surface area contributed by atoms with Gasteiger partial charge < -0.3 is 0 Å². The summed E-state index contributed by atoms with van der Waals surface area (Å²) in [6.45, 7) is 3.42. The standard InChI is InChI=1S/2C17H12F2NO2.2C5H5.Ti/c2*1-2-22-17(21)16-9-11-5-3-4-6-14(11)20(16)15-8-7-12(18)10-13(15)19;2*1-2-4-5-3-1;/h2*3-9H,2H2,1H3;2*1-3H,4H2;. The third kappa shape index (κ3) is 5.74. The van der Waals surface area contributed by atoms with Gasteiger partial charge in [-0.05, 0) is 0 Å². The molecule has 2 aliphatic rings. The van der Waals surface area contributed by atoms with E-state index in [4.69, 9.17) is 9.47 Å². The van der Waals surface area contributed by atoms with E-state index in [1.807, 2.05) is 0 Å².